The molecule has 4 heteroatoms. The maximum atomic E-state index is 11.0. The number of nitrogens with two attached hydrogens (primary N) is 1. The van der Waals surface area contributed by atoms with Crippen LogP contribution < -0.4 is 5.73 Å². The van der Waals surface area contributed by atoms with Gasteiger partial charge in [-0.3, -0.25) is 9.89 Å². The van der Waals surface area contributed by atoms with E-state index in [-0.39, 0.29) is 0 Å². The zero-order valence-electron chi connectivity index (χ0n) is 10.2. The van der Waals surface area contributed by atoms with Crippen molar-refractivity contribution in [1.82, 2.24) is 10.2 Å². The van der Waals surface area contributed by atoms with Gasteiger partial charge >= 0.3 is 0 Å². The van der Waals surface area contributed by atoms with Crippen LogP contribution >= 0.6 is 0 Å². The predicted octanol–water partition coefficient (Wildman–Crippen LogP) is 2.10. The summed E-state index contributed by atoms with van der Waals surface area (Å²) in [5.74, 6) is -0.494. The topological polar surface area (TPSA) is 71.8 Å². The zero-order chi connectivity index (χ0) is 12.6. The summed E-state index contributed by atoms with van der Waals surface area (Å²) in [5, 5.41) is 6.78. The summed E-state index contributed by atoms with van der Waals surface area (Å²) >= 11 is 0. The number of aromatic amines is 1. The van der Waals surface area contributed by atoms with Crippen molar-refractivity contribution in [2.45, 2.75) is 20.8 Å². The highest BCUT2D eigenvalue weighted by molar-refractivity contribution is 5.92. The van der Waals surface area contributed by atoms with Gasteiger partial charge in [-0.25, -0.2) is 0 Å². The predicted molar refractivity (Wildman–Crippen MR) is 66.8 cm³/mol. The first-order chi connectivity index (χ1) is 7.99. The second-order valence-electron chi connectivity index (χ2n) is 4.30. The lowest BCUT2D eigenvalue weighted by atomic mass is 9.97. The average Bonchev–Trinajstić information content (AvgIpc) is 2.65. The smallest absolute Gasteiger partial charge is 0.266 e. The molecule has 0 aliphatic carbocycles. The summed E-state index contributed by atoms with van der Waals surface area (Å²) < 4.78 is 0. The number of aryl methyl sites for hydroxylation is 3. The number of benzene rings is 1. The number of carbonyl (C=O) groups is 1. The van der Waals surface area contributed by atoms with E-state index in [1.54, 1.807) is 6.07 Å². The minimum atomic E-state index is -0.494. The molecule has 1 heterocycles. The molecule has 0 aliphatic rings. The third-order valence-corrected chi connectivity index (χ3v) is 2.78. The Balaban J connectivity index is 2.56. The maximum Gasteiger partial charge on any atom is 0.266 e. The molecule has 0 radical (unpaired) electrons. The van der Waals surface area contributed by atoms with Crippen molar-refractivity contribution in [3.63, 3.8) is 0 Å². The van der Waals surface area contributed by atoms with Gasteiger partial charge < -0.3 is 5.73 Å². The number of hydrogen-bond donors (Lipinski definition) is 2. The summed E-state index contributed by atoms with van der Waals surface area (Å²) in [6, 6.07) is 5.88. The van der Waals surface area contributed by atoms with Crippen LogP contribution in [0.15, 0.2) is 18.2 Å². The van der Waals surface area contributed by atoms with Gasteiger partial charge in [0, 0.05) is 5.56 Å². The Morgan fingerprint density at radius 3 is 2.24 bits per heavy atom. The lowest BCUT2D eigenvalue weighted by molar-refractivity contribution is 0.0995. The number of rotatable bonds is 2. The SMILES string of the molecule is Cc1cc(C)c(-c2cc(C(N)=O)[nH]n2)c(C)c1. The van der Waals surface area contributed by atoms with E-state index in [4.69, 9.17) is 5.73 Å². The van der Waals surface area contributed by atoms with Crippen LogP contribution in [-0.2, 0) is 0 Å². The van der Waals surface area contributed by atoms with E-state index in [9.17, 15) is 4.79 Å². The molecular formula is C13H15N3O. The summed E-state index contributed by atoms with van der Waals surface area (Å²) in [5.41, 5.74) is 10.8. The van der Waals surface area contributed by atoms with E-state index in [0.717, 1.165) is 22.4 Å². The van der Waals surface area contributed by atoms with Crippen LogP contribution in [0, 0.1) is 20.8 Å². The van der Waals surface area contributed by atoms with Gasteiger partial charge in [-0.05, 0) is 38.0 Å². The molecule has 0 aliphatic heterocycles. The molecule has 2 aromatic rings. The summed E-state index contributed by atoms with van der Waals surface area (Å²) in [6.07, 6.45) is 0. The molecule has 17 heavy (non-hydrogen) atoms. The molecule has 88 valence electrons. The highest BCUT2D eigenvalue weighted by Gasteiger charge is 2.12. The molecule has 0 unspecified atom stereocenters. The number of aromatic nitrogens is 2. The monoisotopic (exact) mass is 229 g/mol. The first-order valence-corrected chi connectivity index (χ1v) is 5.42. The van der Waals surface area contributed by atoms with Gasteiger partial charge in [0.15, 0.2) is 0 Å². The van der Waals surface area contributed by atoms with E-state index in [0.29, 0.717) is 5.69 Å². The quantitative estimate of drug-likeness (QED) is 0.827. The molecule has 0 saturated heterocycles. The van der Waals surface area contributed by atoms with E-state index in [1.165, 1.54) is 5.56 Å². The van der Waals surface area contributed by atoms with Crippen LogP contribution in [0.3, 0.4) is 0 Å². The molecule has 1 amide bonds. The molecule has 0 spiro atoms. The second-order valence-corrected chi connectivity index (χ2v) is 4.30. The van der Waals surface area contributed by atoms with Crippen LogP contribution in [0.25, 0.3) is 11.3 Å². The van der Waals surface area contributed by atoms with Gasteiger partial charge in [0.1, 0.15) is 5.69 Å². The van der Waals surface area contributed by atoms with Crippen molar-refractivity contribution in [3.05, 3.63) is 40.6 Å². The van der Waals surface area contributed by atoms with Gasteiger partial charge in [-0.1, -0.05) is 17.7 Å². The molecule has 2 rings (SSSR count). The summed E-state index contributed by atoms with van der Waals surface area (Å²) in [6.45, 7) is 6.13. The van der Waals surface area contributed by atoms with Crippen LogP contribution in [0.2, 0.25) is 0 Å². The number of nitrogens with one attached hydrogen (secondary N) is 1. The molecule has 3 N–H and O–H groups in total. The van der Waals surface area contributed by atoms with Crippen molar-refractivity contribution in [1.29, 1.82) is 0 Å². The Morgan fingerprint density at radius 1 is 1.18 bits per heavy atom. The van der Waals surface area contributed by atoms with E-state index >= 15 is 0 Å². The fraction of sp³-hybridized carbons (Fsp3) is 0.231. The van der Waals surface area contributed by atoms with Crippen molar-refractivity contribution < 1.29 is 4.79 Å². The third-order valence-electron chi connectivity index (χ3n) is 2.78. The van der Waals surface area contributed by atoms with Crippen molar-refractivity contribution in [2.24, 2.45) is 5.73 Å². The molecule has 0 bridgehead atoms. The van der Waals surface area contributed by atoms with E-state index < -0.39 is 5.91 Å². The fourth-order valence-electron chi connectivity index (χ4n) is 2.16. The lowest BCUT2D eigenvalue weighted by Gasteiger charge is -2.08. The Hall–Kier alpha value is -2.10. The van der Waals surface area contributed by atoms with Crippen molar-refractivity contribution in [2.75, 3.05) is 0 Å². The minimum Gasteiger partial charge on any atom is -0.364 e. The molecule has 1 aromatic heterocycles. The Morgan fingerprint density at radius 2 is 1.76 bits per heavy atom. The van der Waals surface area contributed by atoms with Gasteiger partial charge in [0.05, 0.1) is 5.69 Å². The highest BCUT2D eigenvalue weighted by Crippen LogP contribution is 2.27. The molecule has 0 atom stereocenters. The van der Waals surface area contributed by atoms with Gasteiger partial charge in [0.2, 0.25) is 0 Å². The van der Waals surface area contributed by atoms with Gasteiger partial charge in [-0.15, -0.1) is 0 Å². The molecule has 4 nitrogen and oxygen atoms in total. The Bertz CT molecular complexity index is 561. The molecule has 0 fully saturated rings. The Kier molecular flexibility index (Phi) is 2.71. The number of carbonyl (C=O) groups excluding carboxylic acids is 1. The zero-order valence-corrected chi connectivity index (χ0v) is 10.2. The van der Waals surface area contributed by atoms with Crippen molar-refractivity contribution >= 4 is 5.91 Å². The molecular weight excluding hydrogens is 214 g/mol. The maximum absolute atomic E-state index is 11.0. The largest absolute Gasteiger partial charge is 0.364 e. The number of primary amides is 1. The average molecular weight is 229 g/mol. The number of hydrogen-bond acceptors (Lipinski definition) is 2. The number of nitrogens with zero attached hydrogens (tertiary/aromatic N) is 1. The van der Waals surface area contributed by atoms with Crippen LogP contribution in [0.5, 0.6) is 0 Å². The normalized spacial score (nSPS) is 10.5. The first-order valence-electron chi connectivity index (χ1n) is 5.42. The molecule has 1 aromatic carbocycles. The van der Waals surface area contributed by atoms with Crippen LogP contribution in [0.4, 0.5) is 0 Å². The first kappa shape index (κ1) is 11.4. The van der Waals surface area contributed by atoms with E-state index in [1.807, 2.05) is 13.8 Å². The van der Waals surface area contributed by atoms with Crippen molar-refractivity contribution in [3.8, 4) is 11.3 Å². The van der Waals surface area contributed by atoms with Gasteiger partial charge in [0.25, 0.3) is 5.91 Å². The minimum absolute atomic E-state index is 0.333. The van der Waals surface area contributed by atoms with Gasteiger partial charge in [-0.2, -0.15) is 5.10 Å². The third kappa shape index (κ3) is 2.06. The lowest BCUT2D eigenvalue weighted by Crippen LogP contribution is -2.10. The second kappa shape index (κ2) is 4.05. The molecule has 0 saturated carbocycles. The van der Waals surface area contributed by atoms with Crippen LogP contribution in [0.1, 0.15) is 27.2 Å². The highest BCUT2D eigenvalue weighted by atomic mass is 16.1. The standard InChI is InChI=1S/C13H15N3O/c1-7-4-8(2)12(9(3)5-7)10-6-11(13(14)17)16-15-10/h4-6H,1-3H3,(H2,14,17)(H,15,16). The summed E-state index contributed by atoms with van der Waals surface area (Å²) in [4.78, 5) is 11.0. The number of amides is 1. The fourth-order valence-corrected chi connectivity index (χ4v) is 2.16. The number of H-pyrrole nitrogens is 1. The Labute approximate surface area is 99.8 Å². The van der Waals surface area contributed by atoms with E-state index in [2.05, 4.69) is 29.3 Å². The summed E-state index contributed by atoms with van der Waals surface area (Å²) in [7, 11) is 0. The van der Waals surface area contributed by atoms with Crippen LogP contribution in [-0.4, -0.2) is 16.1 Å².